The van der Waals surface area contributed by atoms with Crippen LogP contribution in [0.2, 0.25) is 0 Å². The zero-order valence-electron chi connectivity index (χ0n) is 9.19. The third-order valence-corrected chi connectivity index (χ3v) is 3.04. The number of nitrogen functional groups attached to an aromatic ring is 1. The van der Waals surface area contributed by atoms with E-state index in [0.29, 0.717) is 5.69 Å². The van der Waals surface area contributed by atoms with Gasteiger partial charge in [-0.1, -0.05) is 13.3 Å². The van der Waals surface area contributed by atoms with E-state index in [0.717, 1.165) is 25.0 Å². The molecule has 0 aromatic carbocycles. The van der Waals surface area contributed by atoms with E-state index in [4.69, 9.17) is 5.73 Å². The molecule has 0 spiro atoms. The molecule has 0 amide bonds. The lowest BCUT2D eigenvalue weighted by molar-refractivity contribution is 0.401. The molecule has 0 radical (unpaired) electrons. The van der Waals surface area contributed by atoms with Crippen LogP contribution in [0.15, 0.2) is 12.4 Å². The highest BCUT2D eigenvalue weighted by atomic mass is 15.3. The minimum atomic E-state index is 0.628. The molecule has 1 aromatic rings. The Hall–Kier alpha value is -1.32. The number of nitrogens with two attached hydrogens (primary N) is 1. The van der Waals surface area contributed by atoms with Gasteiger partial charge in [0, 0.05) is 13.1 Å². The van der Waals surface area contributed by atoms with E-state index in [1.165, 1.54) is 19.3 Å². The molecule has 1 aliphatic rings. The summed E-state index contributed by atoms with van der Waals surface area (Å²) in [6, 6.07) is 0. The van der Waals surface area contributed by atoms with Crippen LogP contribution in [0.1, 0.15) is 26.2 Å². The summed E-state index contributed by atoms with van der Waals surface area (Å²) in [4.78, 5) is 10.8. The fourth-order valence-corrected chi connectivity index (χ4v) is 2.07. The molecule has 15 heavy (non-hydrogen) atoms. The molecule has 1 aliphatic heterocycles. The van der Waals surface area contributed by atoms with Gasteiger partial charge in [0.05, 0.1) is 18.1 Å². The van der Waals surface area contributed by atoms with Crippen molar-refractivity contribution < 1.29 is 0 Å². The van der Waals surface area contributed by atoms with E-state index in [2.05, 4.69) is 21.8 Å². The van der Waals surface area contributed by atoms with Gasteiger partial charge in [-0.05, 0) is 18.8 Å². The molecule has 1 aromatic heterocycles. The molecule has 2 heterocycles. The lowest BCUT2D eigenvalue weighted by Gasteiger charge is -2.32. The van der Waals surface area contributed by atoms with Gasteiger partial charge in [-0.25, -0.2) is 9.97 Å². The first-order chi connectivity index (χ1) is 7.29. The standard InChI is InChI=1S/C11H18N4/c1-2-9-4-3-5-15(8-9)11-13-6-10(12)7-14-11/h6-7,9H,2-5,8,12H2,1H3. The van der Waals surface area contributed by atoms with Crippen molar-refractivity contribution in [3.63, 3.8) is 0 Å². The molecule has 4 nitrogen and oxygen atoms in total. The van der Waals surface area contributed by atoms with E-state index in [1.54, 1.807) is 12.4 Å². The van der Waals surface area contributed by atoms with Crippen molar-refractivity contribution >= 4 is 11.6 Å². The van der Waals surface area contributed by atoms with Gasteiger partial charge in [-0.15, -0.1) is 0 Å². The zero-order valence-corrected chi connectivity index (χ0v) is 9.19. The van der Waals surface area contributed by atoms with Gasteiger partial charge in [0.15, 0.2) is 0 Å². The molecular formula is C11H18N4. The summed E-state index contributed by atoms with van der Waals surface area (Å²) in [5.41, 5.74) is 6.19. The van der Waals surface area contributed by atoms with Crippen LogP contribution in [-0.4, -0.2) is 23.1 Å². The molecule has 1 atom stereocenters. The Morgan fingerprint density at radius 1 is 1.47 bits per heavy atom. The van der Waals surface area contributed by atoms with Crippen LogP contribution in [0.25, 0.3) is 0 Å². The average molecular weight is 206 g/mol. The van der Waals surface area contributed by atoms with E-state index in [9.17, 15) is 0 Å². The van der Waals surface area contributed by atoms with Crippen LogP contribution < -0.4 is 10.6 Å². The molecule has 4 heteroatoms. The van der Waals surface area contributed by atoms with Gasteiger partial charge in [0.25, 0.3) is 0 Å². The highest BCUT2D eigenvalue weighted by Gasteiger charge is 2.19. The first-order valence-electron chi connectivity index (χ1n) is 5.62. The first-order valence-corrected chi connectivity index (χ1v) is 5.62. The predicted octanol–water partition coefficient (Wildman–Crippen LogP) is 1.69. The summed E-state index contributed by atoms with van der Waals surface area (Å²) < 4.78 is 0. The van der Waals surface area contributed by atoms with E-state index >= 15 is 0 Å². The third kappa shape index (κ3) is 2.37. The van der Waals surface area contributed by atoms with Crippen LogP contribution >= 0.6 is 0 Å². The van der Waals surface area contributed by atoms with Gasteiger partial charge in [0.1, 0.15) is 0 Å². The summed E-state index contributed by atoms with van der Waals surface area (Å²) in [7, 11) is 0. The van der Waals surface area contributed by atoms with Crippen molar-refractivity contribution in [1.82, 2.24) is 9.97 Å². The highest BCUT2D eigenvalue weighted by Crippen LogP contribution is 2.22. The van der Waals surface area contributed by atoms with Crippen molar-refractivity contribution in [2.45, 2.75) is 26.2 Å². The van der Waals surface area contributed by atoms with Crippen LogP contribution in [0, 0.1) is 5.92 Å². The molecule has 1 fully saturated rings. The fraction of sp³-hybridized carbons (Fsp3) is 0.636. The smallest absolute Gasteiger partial charge is 0.225 e. The van der Waals surface area contributed by atoms with Crippen molar-refractivity contribution in [3.8, 4) is 0 Å². The SMILES string of the molecule is CCC1CCCN(c2ncc(N)cn2)C1. The monoisotopic (exact) mass is 206 g/mol. The van der Waals surface area contributed by atoms with E-state index in [1.807, 2.05) is 0 Å². The lowest BCUT2D eigenvalue weighted by Crippen LogP contribution is -2.36. The number of aromatic nitrogens is 2. The second kappa shape index (κ2) is 4.47. The molecule has 0 saturated carbocycles. The van der Waals surface area contributed by atoms with Crippen molar-refractivity contribution in [2.24, 2.45) is 5.92 Å². The van der Waals surface area contributed by atoms with E-state index in [-0.39, 0.29) is 0 Å². The first kappa shape index (κ1) is 10.2. The molecule has 2 N–H and O–H groups in total. The molecule has 0 aliphatic carbocycles. The Morgan fingerprint density at radius 2 is 2.20 bits per heavy atom. The molecule has 82 valence electrons. The second-order valence-corrected chi connectivity index (χ2v) is 4.18. The minimum absolute atomic E-state index is 0.628. The average Bonchev–Trinajstić information content (AvgIpc) is 2.30. The normalized spacial score (nSPS) is 21.7. The zero-order chi connectivity index (χ0) is 10.7. The Morgan fingerprint density at radius 3 is 2.87 bits per heavy atom. The summed E-state index contributed by atoms with van der Waals surface area (Å²) in [5.74, 6) is 1.61. The van der Waals surface area contributed by atoms with Crippen molar-refractivity contribution in [1.29, 1.82) is 0 Å². The number of hydrogen-bond acceptors (Lipinski definition) is 4. The largest absolute Gasteiger partial charge is 0.396 e. The molecule has 1 saturated heterocycles. The van der Waals surface area contributed by atoms with E-state index < -0.39 is 0 Å². The van der Waals surface area contributed by atoms with Crippen LogP contribution in [0.3, 0.4) is 0 Å². The van der Waals surface area contributed by atoms with Gasteiger partial charge in [0.2, 0.25) is 5.95 Å². The number of nitrogens with zero attached hydrogens (tertiary/aromatic N) is 3. The molecular weight excluding hydrogens is 188 g/mol. The van der Waals surface area contributed by atoms with Crippen molar-refractivity contribution in [2.75, 3.05) is 23.7 Å². The fourth-order valence-electron chi connectivity index (χ4n) is 2.07. The topological polar surface area (TPSA) is 55.0 Å². The second-order valence-electron chi connectivity index (χ2n) is 4.18. The quantitative estimate of drug-likeness (QED) is 0.800. The number of rotatable bonds is 2. The maximum Gasteiger partial charge on any atom is 0.225 e. The minimum Gasteiger partial charge on any atom is -0.396 e. The number of piperidine rings is 1. The maximum atomic E-state index is 5.57. The van der Waals surface area contributed by atoms with Gasteiger partial charge in [-0.2, -0.15) is 0 Å². The van der Waals surface area contributed by atoms with Crippen LogP contribution in [-0.2, 0) is 0 Å². The Balaban J connectivity index is 2.06. The third-order valence-electron chi connectivity index (χ3n) is 3.04. The van der Waals surface area contributed by atoms with Gasteiger partial charge >= 0.3 is 0 Å². The van der Waals surface area contributed by atoms with Gasteiger partial charge < -0.3 is 10.6 Å². The van der Waals surface area contributed by atoms with Crippen LogP contribution in [0.4, 0.5) is 11.6 Å². The van der Waals surface area contributed by atoms with Crippen LogP contribution in [0.5, 0.6) is 0 Å². The summed E-state index contributed by atoms with van der Waals surface area (Å²) in [6.07, 6.45) is 7.18. The highest BCUT2D eigenvalue weighted by molar-refractivity contribution is 5.38. The maximum absolute atomic E-state index is 5.57. The lowest BCUT2D eigenvalue weighted by atomic mass is 9.96. The molecule has 0 bridgehead atoms. The Labute approximate surface area is 90.5 Å². The molecule has 2 rings (SSSR count). The van der Waals surface area contributed by atoms with Gasteiger partial charge in [-0.3, -0.25) is 0 Å². The van der Waals surface area contributed by atoms with Crippen molar-refractivity contribution in [3.05, 3.63) is 12.4 Å². The number of anilines is 2. The Kier molecular flexibility index (Phi) is 3.04. The summed E-state index contributed by atoms with van der Waals surface area (Å²) >= 11 is 0. The molecule has 1 unspecified atom stereocenters. The number of hydrogen-bond donors (Lipinski definition) is 1. The Bertz CT molecular complexity index is 309. The summed E-state index contributed by atoms with van der Waals surface area (Å²) in [6.45, 7) is 4.40. The summed E-state index contributed by atoms with van der Waals surface area (Å²) in [5, 5.41) is 0. The predicted molar refractivity (Wildman–Crippen MR) is 61.7 cm³/mol.